The minimum Gasteiger partial charge on any atom is -0.480 e. The molecule has 124 valence electrons. The van der Waals surface area contributed by atoms with E-state index in [4.69, 9.17) is 0 Å². The van der Waals surface area contributed by atoms with E-state index in [2.05, 4.69) is 10.3 Å². The molecule has 8 heteroatoms. The first-order chi connectivity index (χ1) is 11.5. The van der Waals surface area contributed by atoms with Crippen LogP contribution in [0, 0.1) is 21.4 Å². The van der Waals surface area contributed by atoms with Crippen molar-refractivity contribution in [2.24, 2.45) is 0 Å². The number of unbranched alkanes of at least 4 members (excludes halogenated alkanes) is 1. The van der Waals surface area contributed by atoms with Crippen LogP contribution in [0.4, 0.5) is 11.5 Å². The van der Waals surface area contributed by atoms with Crippen molar-refractivity contribution in [3.05, 3.63) is 39.9 Å². The first-order valence-corrected chi connectivity index (χ1v) is 7.45. The normalized spacial score (nSPS) is 11.7. The van der Waals surface area contributed by atoms with Gasteiger partial charge in [-0.05, 0) is 18.6 Å². The highest BCUT2D eigenvalue weighted by molar-refractivity contribution is 5.88. The SMILES string of the molecule is CCCC[C@H](Nc1cc(C#N)c2cc([N+](=O)[O-])ccc2n1)C(=O)O. The molecule has 0 spiro atoms. The van der Waals surface area contributed by atoms with Gasteiger partial charge in [-0.1, -0.05) is 19.8 Å². The van der Waals surface area contributed by atoms with Crippen molar-refractivity contribution in [2.45, 2.75) is 32.2 Å². The van der Waals surface area contributed by atoms with Crippen LogP contribution in [0.15, 0.2) is 24.3 Å². The first kappa shape index (κ1) is 17.1. The fraction of sp³-hybridized carbons (Fsp3) is 0.312. The van der Waals surface area contributed by atoms with Crippen molar-refractivity contribution in [2.75, 3.05) is 5.32 Å². The molecule has 0 aliphatic heterocycles. The fourth-order valence-electron chi connectivity index (χ4n) is 2.34. The number of nitriles is 1. The Hall–Kier alpha value is -3.21. The number of carboxylic acids is 1. The van der Waals surface area contributed by atoms with Crippen LogP contribution >= 0.6 is 0 Å². The summed E-state index contributed by atoms with van der Waals surface area (Å²) in [4.78, 5) is 25.9. The van der Waals surface area contributed by atoms with E-state index in [-0.39, 0.29) is 17.1 Å². The second-order valence-electron chi connectivity index (χ2n) is 5.30. The van der Waals surface area contributed by atoms with E-state index in [9.17, 15) is 25.3 Å². The topological polar surface area (TPSA) is 129 Å². The predicted molar refractivity (Wildman–Crippen MR) is 87.7 cm³/mol. The van der Waals surface area contributed by atoms with E-state index in [0.29, 0.717) is 17.3 Å². The summed E-state index contributed by atoms with van der Waals surface area (Å²) in [6.45, 7) is 1.97. The summed E-state index contributed by atoms with van der Waals surface area (Å²) in [5.74, 6) is -0.732. The molecule has 2 N–H and O–H groups in total. The summed E-state index contributed by atoms with van der Waals surface area (Å²) < 4.78 is 0. The molecule has 0 aliphatic carbocycles. The van der Waals surface area contributed by atoms with Crippen LogP contribution < -0.4 is 5.32 Å². The van der Waals surface area contributed by atoms with E-state index in [1.165, 1.54) is 24.3 Å². The van der Waals surface area contributed by atoms with Crippen LogP contribution in [0.2, 0.25) is 0 Å². The number of rotatable bonds is 7. The third-order valence-corrected chi connectivity index (χ3v) is 3.59. The van der Waals surface area contributed by atoms with Crippen LogP contribution in [-0.4, -0.2) is 27.0 Å². The van der Waals surface area contributed by atoms with Gasteiger partial charge in [0.15, 0.2) is 0 Å². The van der Waals surface area contributed by atoms with Crippen LogP contribution in [0.5, 0.6) is 0 Å². The van der Waals surface area contributed by atoms with Gasteiger partial charge < -0.3 is 10.4 Å². The van der Waals surface area contributed by atoms with E-state index in [1.54, 1.807) is 0 Å². The fourth-order valence-corrected chi connectivity index (χ4v) is 2.34. The number of carboxylic acid groups (broad SMARTS) is 1. The average Bonchev–Trinajstić information content (AvgIpc) is 2.56. The third-order valence-electron chi connectivity index (χ3n) is 3.59. The maximum Gasteiger partial charge on any atom is 0.326 e. The van der Waals surface area contributed by atoms with Crippen molar-refractivity contribution < 1.29 is 14.8 Å². The molecule has 2 rings (SSSR count). The van der Waals surface area contributed by atoms with Crippen molar-refractivity contribution in [1.29, 1.82) is 5.26 Å². The van der Waals surface area contributed by atoms with Gasteiger partial charge in [0.2, 0.25) is 0 Å². The number of benzene rings is 1. The van der Waals surface area contributed by atoms with Gasteiger partial charge >= 0.3 is 5.97 Å². The maximum atomic E-state index is 11.3. The van der Waals surface area contributed by atoms with Crippen molar-refractivity contribution in [1.82, 2.24) is 4.98 Å². The van der Waals surface area contributed by atoms with E-state index in [1.807, 2.05) is 13.0 Å². The van der Waals surface area contributed by atoms with E-state index < -0.39 is 16.9 Å². The molecule has 0 bridgehead atoms. The Morgan fingerprint density at radius 3 is 2.83 bits per heavy atom. The monoisotopic (exact) mass is 328 g/mol. The minimum atomic E-state index is -0.993. The summed E-state index contributed by atoms with van der Waals surface area (Å²) in [5, 5.41) is 32.6. The number of nitro groups is 1. The van der Waals surface area contributed by atoms with Crippen LogP contribution in [0.25, 0.3) is 10.9 Å². The molecule has 0 saturated carbocycles. The number of nitrogens with one attached hydrogen (secondary N) is 1. The first-order valence-electron chi connectivity index (χ1n) is 7.45. The number of aliphatic carboxylic acids is 1. The molecule has 1 aromatic carbocycles. The molecule has 0 fully saturated rings. The number of aromatic nitrogens is 1. The molecule has 1 atom stereocenters. The second-order valence-corrected chi connectivity index (χ2v) is 5.30. The molecule has 0 amide bonds. The quantitative estimate of drug-likeness (QED) is 0.590. The molecular formula is C16H16N4O4. The van der Waals surface area contributed by atoms with Crippen molar-refractivity contribution >= 4 is 28.4 Å². The Balaban J connectivity index is 2.42. The molecule has 2 aromatic rings. The van der Waals surface area contributed by atoms with Gasteiger partial charge in [-0.25, -0.2) is 9.78 Å². The Morgan fingerprint density at radius 1 is 1.50 bits per heavy atom. The lowest BCUT2D eigenvalue weighted by molar-refractivity contribution is -0.384. The molecule has 0 unspecified atom stereocenters. The van der Waals surface area contributed by atoms with Gasteiger partial charge in [0, 0.05) is 17.5 Å². The standard InChI is InChI=1S/C16H16N4O4/c1-2-3-4-14(16(21)22)19-15-7-10(9-17)12-8-11(20(23)24)5-6-13(12)18-15/h5-8,14H,2-4H2,1H3,(H,18,19)(H,21,22)/t14-/m0/s1. The zero-order valence-electron chi connectivity index (χ0n) is 13.0. The number of pyridine rings is 1. The van der Waals surface area contributed by atoms with Gasteiger partial charge in [-0.2, -0.15) is 5.26 Å². The lowest BCUT2D eigenvalue weighted by atomic mass is 10.1. The number of carbonyl (C=O) groups is 1. The lowest BCUT2D eigenvalue weighted by Gasteiger charge is -2.15. The molecule has 1 aromatic heterocycles. The molecule has 1 heterocycles. The number of nitrogens with zero attached hydrogens (tertiary/aromatic N) is 3. The largest absolute Gasteiger partial charge is 0.480 e. The van der Waals surface area contributed by atoms with Crippen molar-refractivity contribution in [3.63, 3.8) is 0 Å². The van der Waals surface area contributed by atoms with Crippen molar-refractivity contribution in [3.8, 4) is 6.07 Å². The molecule has 8 nitrogen and oxygen atoms in total. The van der Waals surface area contributed by atoms with E-state index >= 15 is 0 Å². The summed E-state index contributed by atoms with van der Waals surface area (Å²) in [6, 6.07) is 6.61. The van der Waals surface area contributed by atoms with E-state index in [0.717, 1.165) is 12.8 Å². The highest BCUT2D eigenvalue weighted by atomic mass is 16.6. The number of non-ortho nitro benzene ring substituents is 1. The van der Waals surface area contributed by atoms with Gasteiger partial charge in [0.1, 0.15) is 11.9 Å². The Morgan fingerprint density at radius 2 is 2.25 bits per heavy atom. The number of anilines is 1. The number of hydrogen-bond acceptors (Lipinski definition) is 6. The zero-order valence-corrected chi connectivity index (χ0v) is 13.0. The highest BCUT2D eigenvalue weighted by Crippen LogP contribution is 2.25. The van der Waals surface area contributed by atoms with Crippen LogP contribution in [0.1, 0.15) is 31.7 Å². The number of hydrogen-bond donors (Lipinski definition) is 2. The second kappa shape index (κ2) is 7.37. The Labute approximate surface area is 137 Å². The van der Waals surface area contributed by atoms with Crippen LogP contribution in [0.3, 0.4) is 0 Å². The molecule has 0 saturated heterocycles. The maximum absolute atomic E-state index is 11.3. The third kappa shape index (κ3) is 3.76. The highest BCUT2D eigenvalue weighted by Gasteiger charge is 2.18. The van der Waals surface area contributed by atoms with Gasteiger partial charge in [0.05, 0.1) is 22.1 Å². The Bertz CT molecular complexity index is 829. The predicted octanol–water partition coefficient (Wildman–Crippen LogP) is 3.07. The van der Waals surface area contributed by atoms with Gasteiger partial charge in [0.25, 0.3) is 5.69 Å². The summed E-state index contributed by atoms with van der Waals surface area (Å²) in [7, 11) is 0. The summed E-state index contributed by atoms with van der Waals surface area (Å²) in [6.07, 6.45) is 2.05. The molecular weight excluding hydrogens is 312 g/mol. The molecule has 0 radical (unpaired) electrons. The summed E-state index contributed by atoms with van der Waals surface area (Å²) >= 11 is 0. The summed E-state index contributed by atoms with van der Waals surface area (Å²) in [5.41, 5.74) is 0.459. The minimum absolute atomic E-state index is 0.132. The zero-order chi connectivity index (χ0) is 17.7. The molecule has 24 heavy (non-hydrogen) atoms. The smallest absolute Gasteiger partial charge is 0.326 e. The number of nitro benzene ring substituents is 1. The average molecular weight is 328 g/mol. The Kier molecular flexibility index (Phi) is 5.27. The van der Waals surface area contributed by atoms with Gasteiger partial charge in [-0.15, -0.1) is 0 Å². The lowest BCUT2D eigenvalue weighted by Crippen LogP contribution is -2.29. The number of fused-ring (bicyclic) bond motifs is 1. The van der Waals surface area contributed by atoms with Crippen LogP contribution in [-0.2, 0) is 4.79 Å². The van der Waals surface area contributed by atoms with Gasteiger partial charge in [-0.3, -0.25) is 10.1 Å². The molecule has 0 aliphatic rings.